The monoisotopic (exact) mass is 510 g/mol. The molecule has 0 bridgehead atoms. The van der Waals surface area contributed by atoms with Gasteiger partial charge >= 0.3 is 0 Å². The molecule has 0 amide bonds. The highest BCUT2D eigenvalue weighted by Crippen LogP contribution is 2.41. The van der Waals surface area contributed by atoms with Crippen LogP contribution in [-0.2, 0) is 14.8 Å². The molecule has 0 radical (unpaired) electrons. The Hall–Kier alpha value is -2.22. The molecule has 1 saturated carbocycles. The molecule has 13 heteroatoms. The van der Waals surface area contributed by atoms with Gasteiger partial charge in [0.25, 0.3) is 6.43 Å². The van der Waals surface area contributed by atoms with Gasteiger partial charge in [-0.15, -0.1) is 10.2 Å². The Morgan fingerprint density at radius 3 is 2.47 bits per heavy atom. The van der Waals surface area contributed by atoms with Gasteiger partial charge in [-0.3, -0.25) is 0 Å². The van der Waals surface area contributed by atoms with Crippen LogP contribution in [0.4, 0.5) is 14.6 Å². The number of nitrogens with one attached hydrogen (secondary N) is 1. The zero-order valence-electron chi connectivity index (χ0n) is 18.5. The SMILES string of the molecule is CC1(NS(=O)(=O)c2cc(N3CCC4(CC3)COC4)n3ncc(-c4nnc(C(F)F)s4)c3c2)CC1. The summed E-state index contributed by atoms with van der Waals surface area (Å²) in [6.07, 6.45) is 2.28. The minimum atomic E-state index is -3.80. The van der Waals surface area contributed by atoms with E-state index in [9.17, 15) is 17.2 Å². The second-order valence-electron chi connectivity index (χ2n) is 9.80. The van der Waals surface area contributed by atoms with Crippen molar-refractivity contribution in [1.82, 2.24) is 24.5 Å². The molecule has 0 atom stereocenters. The highest BCUT2D eigenvalue weighted by atomic mass is 32.2. The van der Waals surface area contributed by atoms with Crippen molar-refractivity contribution in [2.24, 2.45) is 5.41 Å². The van der Waals surface area contributed by atoms with Crippen LogP contribution >= 0.6 is 11.3 Å². The highest BCUT2D eigenvalue weighted by Gasteiger charge is 2.43. The number of fused-ring (bicyclic) bond motifs is 1. The van der Waals surface area contributed by atoms with Crippen molar-refractivity contribution in [3.63, 3.8) is 0 Å². The summed E-state index contributed by atoms with van der Waals surface area (Å²) < 4.78 is 62.7. The number of hydrogen-bond acceptors (Lipinski definition) is 8. The molecule has 3 aromatic rings. The maximum absolute atomic E-state index is 13.3. The van der Waals surface area contributed by atoms with Crippen LogP contribution < -0.4 is 9.62 Å². The number of ether oxygens (including phenoxy) is 1. The normalized spacial score (nSPS) is 21.4. The summed E-state index contributed by atoms with van der Waals surface area (Å²) in [6.45, 7) is 4.91. The van der Waals surface area contributed by atoms with Crippen molar-refractivity contribution in [1.29, 1.82) is 0 Å². The van der Waals surface area contributed by atoms with E-state index < -0.39 is 22.0 Å². The lowest BCUT2D eigenvalue weighted by Crippen LogP contribution is -2.51. The van der Waals surface area contributed by atoms with Crippen molar-refractivity contribution in [3.8, 4) is 10.6 Å². The summed E-state index contributed by atoms with van der Waals surface area (Å²) >= 11 is 0.781. The van der Waals surface area contributed by atoms with Crippen LogP contribution in [0.15, 0.2) is 23.2 Å². The highest BCUT2D eigenvalue weighted by molar-refractivity contribution is 7.89. The molecule has 2 saturated heterocycles. The number of hydrogen-bond donors (Lipinski definition) is 1. The van der Waals surface area contributed by atoms with Crippen LogP contribution in [0.5, 0.6) is 0 Å². The Bertz CT molecular complexity index is 1350. The standard InChI is InChI=1S/C21H24F2N6O3S2/c1-20(2-3-20)27-34(30,31)13-8-15-14(18-25-26-19(33-18)17(22)23)10-24-29(15)16(9-13)28-6-4-21(5-7-28)11-32-12-21/h8-10,17,27H,2-7,11-12H2,1H3. The van der Waals surface area contributed by atoms with Gasteiger partial charge in [-0.05, 0) is 38.7 Å². The van der Waals surface area contributed by atoms with Gasteiger partial charge in [-0.1, -0.05) is 11.3 Å². The van der Waals surface area contributed by atoms with Gasteiger partial charge < -0.3 is 9.64 Å². The van der Waals surface area contributed by atoms with Gasteiger partial charge in [0.05, 0.1) is 35.4 Å². The quantitative estimate of drug-likeness (QED) is 0.543. The van der Waals surface area contributed by atoms with E-state index in [1.807, 2.05) is 6.92 Å². The molecule has 9 nitrogen and oxygen atoms in total. The van der Waals surface area contributed by atoms with E-state index in [-0.39, 0.29) is 20.3 Å². The fraction of sp³-hybridized carbons (Fsp3) is 0.571. The maximum Gasteiger partial charge on any atom is 0.291 e. The van der Waals surface area contributed by atoms with E-state index >= 15 is 0 Å². The van der Waals surface area contributed by atoms with E-state index in [2.05, 4.69) is 24.9 Å². The third-order valence-corrected chi connectivity index (χ3v) is 9.67. The smallest absolute Gasteiger partial charge is 0.291 e. The molecule has 1 spiro atoms. The lowest BCUT2D eigenvalue weighted by atomic mass is 9.77. The maximum atomic E-state index is 13.3. The Morgan fingerprint density at radius 1 is 1.15 bits per heavy atom. The van der Waals surface area contributed by atoms with Crippen LogP contribution in [0.2, 0.25) is 0 Å². The van der Waals surface area contributed by atoms with E-state index in [0.29, 0.717) is 16.9 Å². The van der Waals surface area contributed by atoms with Crippen molar-refractivity contribution in [2.75, 3.05) is 31.2 Å². The van der Waals surface area contributed by atoms with E-state index in [1.54, 1.807) is 10.6 Å². The van der Waals surface area contributed by atoms with Crippen LogP contribution in [0.25, 0.3) is 16.1 Å². The van der Waals surface area contributed by atoms with E-state index in [4.69, 9.17) is 4.74 Å². The van der Waals surface area contributed by atoms with Gasteiger partial charge in [0, 0.05) is 30.1 Å². The molecule has 3 aromatic heterocycles. The number of rotatable bonds is 6. The van der Waals surface area contributed by atoms with Crippen molar-refractivity contribution < 1.29 is 21.9 Å². The molecule has 34 heavy (non-hydrogen) atoms. The van der Waals surface area contributed by atoms with Crippen LogP contribution in [0.3, 0.4) is 0 Å². The average molecular weight is 511 g/mol. The lowest BCUT2D eigenvalue weighted by molar-refractivity contribution is -0.124. The predicted octanol–water partition coefficient (Wildman–Crippen LogP) is 3.24. The van der Waals surface area contributed by atoms with Crippen molar-refractivity contribution in [2.45, 2.75) is 49.5 Å². The molecule has 0 aromatic carbocycles. The van der Waals surface area contributed by atoms with Crippen molar-refractivity contribution >= 4 is 32.7 Å². The second-order valence-corrected chi connectivity index (χ2v) is 12.5. The first-order valence-corrected chi connectivity index (χ1v) is 13.5. The van der Waals surface area contributed by atoms with Gasteiger partial charge in [0.15, 0.2) is 10.0 Å². The summed E-state index contributed by atoms with van der Waals surface area (Å²) in [5.74, 6) is 0.652. The molecule has 2 aliphatic heterocycles. The zero-order valence-corrected chi connectivity index (χ0v) is 20.1. The van der Waals surface area contributed by atoms with Gasteiger partial charge in [-0.2, -0.15) is 5.10 Å². The Kier molecular flexibility index (Phi) is 5.00. The van der Waals surface area contributed by atoms with E-state index in [1.165, 1.54) is 12.3 Å². The third-order valence-electron chi connectivity index (χ3n) is 7.09. The number of halogens is 2. The Morgan fingerprint density at radius 2 is 1.88 bits per heavy atom. The summed E-state index contributed by atoms with van der Waals surface area (Å²) in [5, 5.41) is 11.9. The molecule has 1 aliphatic carbocycles. The fourth-order valence-electron chi connectivity index (χ4n) is 4.58. The average Bonchev–Trinajstić information content (AvgIpc) is 3.18. The van der Waals surface area contributed by atoms with Crippen LogP contribution in [-0.4, -0.2) is 60.1 Å². The molecular weight excluding hydrogens is 486 g/mol. The molecule has 0 unspecified atom stereocenters. The Balaban J connectivity index is 1.45. The largest absolute Gasteiger partial charge is 0.380 e. The minimum Gasteiger partial charge on any atom is -0.380 e. The van der Waals surface area contributed by atoms with Crippen molar-refractivity contribution in [3.05, 3.63) is 23.3 Å². The summed E-state index contributed by atoms with van der Waals surface area (Å²) in [5.41, 5.74) is 0.750. The first kappa shape index (κ1) is 22.3. The number of alkyl halides is 2. The molecule has 3 aliphatic rings. The summed E-state index contributed by atoms with van der Waals surface area (Å²) in [6, 6.07) is 3.19. The fourth-order valence-corrected chi connectivity index (χ4v) is 6.80. The number of aromatic nitrogens is 4. The molecule has 3 fully saturated rings. The number of sulfonamides is 1. The van der Waals surface area contributed by atoms with E-state index in [0.717, 1.165) is 63.3 Å². The number of pyridine rings is 1. The molecular formula is C21H24F2N6O3S2. The number of anilines is 1. The van der Waals surface area contributed by atoms with Gasteiger partial charge in [-0.25, -0.2) is 26.4 Å². The zero-order chi connectivity index (χ0) is 23.7. The van der Waals surface area contributed by atoms with Crippen LogP contribution in [0.1, 0.15) is 44.0 Å². The Labute approximate surface area is 199 Å². The third kappa shape index (κ3) is 3.78. The number of nitrogens with zero attached hydrogens (tertiary/aromatic N) is 5. The lowest BCUT2D eigenvalue weighted by Gasteiger charge is -2.47. The summed E-state index contributed by atoms with van der Waals surface area (Å²) in [4.78, 5) is 2.26. The number of piperidine rings is 1. The minimum absolute atomic E-state index is 0.121. The molecule has 6 rings (SSSR count). The first-order chi connectivity index (χ1) is 16.2. The first-order valence-electron chi connectivity index (χ1n) is 11.2. The van der Waals surface area contributed by atoms with Gasteiger partial charge in [0.1, 0.15) is 5.82 Å². The predicted molar refractivity (Wildman–Crippen MR) is 122 cm³/mol. The molecule has 5 heterocycles. The second kappa shape index (κ2) is 7.64. The van der Waals surface area contributed by atoms with Crippen LogP contribution in [0, 0.1) is 5.41 Å². The topological polar surface area (TPSA) is 102 Å². The van der Waals surface area contributed by atoms with Gasteiger partial charge in [0.2, 0.25) is 10.0 Å². The molecule has 182 valence electrons. The molecule has 1 N–H and O–H groups in total. The summed E-state index contributed by atoms with van der Waals surface area (Å²) in [7, 11) is -3.80.